The van der Waals surface area contributed by atoms with Crippen LogP contribution in [0.1, 0.15) is 69.7 Å². The molecule has 1 saturated carbocycles. The Morgan fingerprint density at radius 3 is 2.26 bits per heavy atom. The predicted molar refractivity (Wildman–Crippen MR) is 147 cm³/mol. The second-order valence-corrected chi connectivity index (χ2v) is 14.8. The summed E-state index contributed by atoms with van der Waals surface area (Å²) in [5.41, 5.74) is 1.37. The van der Waals surface area contributed by atoms with Crippen LogP contribution in [0.2, 0.25) is 10.0 Å². The van der Waals surface area contributed by atoms with Crippen LogP contribution >= 0.6 is 23.2 Å². The molecule has 2 aliphatic rings. The van der Waals surface area contributed by atoms with Crippen LogP contribution in [0.25, 0.3) is 0 Å². The number of carbonyl (C=O) groups is 2. The maximum absolute atomic E-state index is 14.1. The zero-order valence-electron chi connectivity index (χ0n) is 21.6. The average Bonchev–Trinajstić information content (AvgIpc) is 2.78. The maximum Gasteiger partial charge on any atom is 0.306 e. The largest absolute Gasteiger partial charge is 0.481 e. The topological polar surface area (TPSA) is 101 Å². The van der Waals surface area contributed by atoms with Gasteiger partial charge in [-0.2, -0.15) is 0 Å². The van der Waals surface area contributed by atoms with Gasteiger partial charge in [0, 0.05) is 16.1 Å². The molecule has 0 unspecified atom stereocenters. The highest BCUT2D eigenvalue weighted by Crippen LogP contribution is 2.47. The Bertz CT molecular complexity index is 1290. The number of benzene rings is 2. The highest BCUT2D eigenvalue weighted by Gasteiger charge is 2.51. The molecule has 1 N–H and O–H groups in total. The first kappa shape index (κ1) is 28.9. The lowest BCUT2D eigenvalue weighted by Crippen LogP contribution is -2.60. The van der Waals surface area contributed by atoms with Gasteiger partial charge in [-0.25, -0.2) is 8.42 Å². The van der Waals surface area contributed by atoms with Crippen molar-refractivity contribution in [2.45, 2.75) is 75.5 Å². The summed E-state index contributed by atoms with van der Waals surface area (Å²) in [6.07, 6.45) is -0.0846. The first-order chi connectivity index (χ1) is 17.8. The average molecular weight is 583 g/mol. The van der Waals surface area contributed by atoms with Crippen molar-refractivity contribution in [2.24, 2.45) is 5.92 Å². The van der Waals surface area contributed by atoms with E-state index in [4.69, 9.17) is 27.9 Å². The minimum atomic E-state index is -3.63. The third kappa shape index (κ3) is 6.03. The van der Waals surface area contributed by atoms with Gasteiger partial charge in [0.05, 0.1) is 23.0 Å². The van der Waals surface area contributed by atoms with Crippen LogP contribution in [0.4, 0.5) is 0 Å². The lowest BCUT2D eigenvalue weighted by atomic mass is 9.78. The minimum Gasteiger partial charge on any atom is -0.481 e. The van der Waals surface area contributed by atoms with E-state index >= 15 is 0 Å². The van der Waals surface area contributed by atoms with Gasteiger partial charge in [0.15, 0.2) is 9.84 Å². The summed E-state index contributed by atoms with van der Waals surface area (Å²) in [7, 11) is -3.63. The van der Waals surface area contributed by atoms with Crippen LogP contribution in [0.15, 0.2) is 48.5 Å². The summed E-state index contributed by atoms with van der Waals surface area (Å²) in [6, 6.07) is 12.7. The van der Waals surface area contributed by atoms with Crippen molar-refractivity contribution < 1.29 is 27.9 Å². The van der Waals surface area contributed by atoms with Crippen molar-refractivity contribution >= 4 is 44.9 Å². The molecule has 4 rings (SSSR count). The molecule has 2 aromatic rings. The number of ether oxygens (including phenoxy) is 1. The number of hydrogen-bond donors (Lipinski definition) is 1. The normalized spacial score (nSPS) is 23.7. The molecule has 206 valence electrons. The number of rotatable bonds is 8. The zero-order valence-corrected chi connectivity index (χ0v) is 24.0. The van der Waals surface area contributed by atoms with Crippen LogP contribution in [0.5, 0.6) is 0 Å². The number of hydrogen-bond acceptors (Lipinski definition) is 5. The van der Waals surface area contributed by atoms with E-state index in [-0.39, 0.29) is 11.7 Å². The Balaban J connectivity index is 1.91. The van der Waals surface area contributed by atoms with Crippen LogP contribution < -0.4 is 0 Å². The molecular formula is C28H33Cl2NO6S. The molecule has 1 amide bonds. The molecule has 0 spiro atoms. The lowest BCUT2D eigenvalue weighted by molar-refractivity contribution is -0.185. The monoisotopic (exact) mass is 581 g/mol. The number of halogens is 2. The summed E-state index contributed by atoms with van der Waals surface area (Å²) < 4.78 is 32.2. The molecule has 1 aliphatic heterocycles. The fourth-order valence-corrected chi connectivity index (χ4v) is 6.81. The van der Waals surface area contributed by atoms with E-state index in [9.17, 15) is 23.1 Å². The Morgan fingerprint density at radius 2 is 1.74 bits per heavy atom. The van der Waals surface area contributed by atoms with Crippen molar-refractivity contribution in [1.82, 2.24) is 4.90 Å². The van der Waals surface area contributed by atoms with Gasteiger partial charge in [0.2, 0.25) is 0 Å². The van der Waals surface area contributed by atoms with Crippen molar-refractivity contribution in [1.29, 1.82) is 0 Å². The third-order valence-electron chi connectivity index (χ3n) is 7.55. The van der Waals surface area contributed by atoms with Gasteiger partial charge < -0.3 is 14.7 Å². The third-order valence-corrected chi connectivity index (χ3v) is 10.7. The van der Waals surface area contributed by atoms with E-state index in [1.165, 1.54) is 0 Å². The van der Waals surface area contributed by atoms with Gasteiger partial charge >= 0.3 is 5.97 Å². The van der Waals surface area contributed by atoms with Gasteiger partial charge in [0.25, 0.3) is 5.91 Å². The fourth-order valence-electron chi connectivity index (χ4n) is 5.11. The Kier molecular flexibility index (Phi) is 8.48. The van der Waals surface area contributed by atoms with Crippen molar-refractivity contribution in [3.05, 3.63) is 69.7 Å². The molecule has 2 fully saturated rings. The lowest BCUT2D eigenvalue weighted by Gasteiger charge is -2.51. The number of carbonyl (C=O) groups excluding carboxylic acids is 1. The second-order valence-electron chi connectivity index (χ2n) is 11.1. The molecule has 0 bridgehead atoms. The highest BCUT2D eigenvalue weighted by atomic mass is 35.5. The summed E-state index contributed by atoms with van der Waals surface area (Å²) in [5.74, 6) is -1.96. The van der Waals surface area contributed by atoms with Crippen LogP contribution in [-0.4, -0.2) is 52.9 Å². The Labute approximate surface area is 234 Å². The summed E-state index contributed by atoms with van der Waals surface area (Å²) in [4.78, 5) is 27.4. The van der Waals surface area contributed by atoms with Crippen molar-refractivity contribution in [3.8, 4) is 0 Å². The van der Waals surface area contributed by atoms with Gasteiger partial charge in [-0.05, 0) is 74.9 Å². The molecule has 0 aromatic heterocycles. The number of morpholine rings is 1. The van der Waals surface area contributed by atoms with E-state index in [0.717, 1.165) is 19.3 Å². The first-order valence-corrected chi connectivity index (χ1v) is 15.1. The van der Waals surface area contributed by atoms with Gasteiger partial charge in [-0.15, -0.1) is 0 Å². The SMILES string of the molecule is CC(C)(C)S(=O)(=O)C[C@@H](C1CCC1)N1C(=O)[C@H](CC(=O)O)O[C@H](c2cccc(Cl)c2)[C@H]1c1ccc(Cl)cc1. The van der Waals surface area contributed by atoms with Crippen LogP contribution in [-0.2, 0) is 24.2 Å². The molecule has 2 aromatic carbocycles. The van der Waals surface area contributed by atoms with Gasteiger partial charge in [0.1, 0.15) is 12.2 Å². The molecular weight excluding hydrogens is 549 g/mol. The van der Waals surface area contributed by atoms with Gasteiger partial charge in [-0.3, -0.25) is 9.59 Å². The molecule has 7 nitrogen and oxygen atoms in total. The summed E-state index contributed by atoms with van der Waals surface area (Å²) in [6.45, 7) is 4.96. The number of carboxylic acid groups (broad SMARTS) is 1. The molecule has 0 radical (unpaired) electrons. The van der Waals surface area contributed by atoms with Crippen molar-refractivity contribution in [3.63, 3.8) is 0 Å². The smallest absolute Gasteiger partial charge is 0.306 e. The van der Waals surface area contributed by atoms with E-state index < -0.39 is 57.2 Å². The molecule has 10 heteroatoms. The molecule has 1 heterocycles. The number of sulfone groups is 1. The second kappa shape index (κ2) is 11.2. The Hall–Kier alpha value is -2.13. The van der Waals surface area contributed by atoms with Crippen LogP contribution in [0, 0.1) is 5.92 Å². The van der Waals surface area contributed by atoms with Crippen molar-refractivity contribution in [2.75, 3.05) is 5.75 Å². The quantitative estimate of drug-likeness (QED) is 0.419. The number of carboxylic acids is 1. The minimum absolute atomic E-state index is 0.0329. The van der Waals surface area contributed by atoms with E-state index in [1.54, 1.807) is 68.1 Å². The highest BCUT2D eigenvalue weighted by molar-refractivity contribution is 7.92. The maximum atomic E-state index is 14.1. The number of nitrogens with zero attached hydrogens (tertiary/aromatic N) is 1. The predicted octanol–water partition coefficient (Wildman–Crippen LogP) is 5.86. The molecule has 4 atom stereocenters. The fraction of sp³-hybridized carbons (Fsp3) is 0.500. The Morgan fingerprint density at radius 1 is 1.08 bits per heavy atom. The van der Waals surface area contributed by atoms with E-state index in [0.29, 0.717) is 21.2 Å². The summed E-state index contributed by atoms with van der Waals surface area (Å²) >= 11 is 12.5. The van der Waals surface area contributed by atoms with Gasteiger partial charge in [-0.1, -0.05) is 53.9 Å². The first-order valence-electron chi connectivity index (χ1n) is 12.7. The van der Waals surface area contributed by atoms with Crippen LogP contribution in [0.3, 0.4) is 0 Å². The zero-order chi connectivity index (χ0) is 27.8. The number of amides is 1. The molecule has 38 heavy (non-hydrogen) atoms. The standard InChI is InChI=1S/C28H33Cl2NO6S/c1-28(2,3)38(35,36)16-22(17-6-4-7-17)31-25(18-10-12-20(29)13-11-18)26(19-8-5-9-21(30)14-19)37-23(27(31)34)15-24(32)33/h5,8-14,17,22-23,25-26H,4,6-7,15-16H2,1-3H3,(H,32,33)/t22-,23-,25+,26+/m0/s1. The number of aliphatic carboxylic acids is 1. The molecule has 1 aliphatic carbocycles. The summed E-state index contributed by atoms with van der Waals surface area (Å²) in [5, 5.41) is 10.6. The van der Waals surface area contributed by atoms with E-state index in [1.807, 2.05) is 6.07 Å². The van der Waals surface area contributed by atoms with E-state index in [2.05, 4.69) is 0 Å². The molecule has 1 saturated heterocycles.